The molecule has 0 spiro atoms. The van der Waals surface area contributed by atoms with Crippen LogP contribution in [0.15, 0.2) is 12.1 Å². The van der Waals surface area contributed by atoms with Crippen molar-refractivity contribution in [3.8, 4) is 11.5 Å². The Morgan fingerprint density at radius 2 is 1.81 bits per heavy atom. The molecule has 1 aromatic rings. The summed E-state index contributed by atoms with van der Waals surface area (Å²) in [5.74, 6) is 1.54. The Bertz CT molecular complexity index is 501. The summed E-state index contributed by atoms with van der Waals surface area (Å²) >= 11 is 1.99. The zero-order valence-corrected chi connectivity index (χ0v) is 13.4. The summed E-state index contributed by atoms with van der Waals surface area (Å²) < 4.78 is 11.5. The van der Waals surface area contributed by atoms with Crippen LogP contribution < -0.4 is 20.5 Å². The third-order valence-electron chi connectivity index (χ3n) is 4.51. The van der Waals surface area contributed by atoms with Crippen molar-refractivity contribution >= 4 is 23.1 Å². The molecule has 116 valence electrons. The standard InChI is InChI=1S/C16H24N2O2S/c1-21-16(5-3-2-4-6-16)11-18-13-10-15-14(9-12(13)17)19-7-8-20-15/h9-10,18H,2-8,11,17H2,1H3. The molecule has 21 heavy (non-hydrogen) atoms. The number of rotatable bonds is 4. The van der Waals surface area contributed by atoms with Crippen molar-refractivity contribution < 1.29 is 9.47 Å². The van der Waals surface area contributed by atoms with Gasteiger partial charge >= 0.3 is 0 Å². The molecule has 0 aromatic heterocycles. The van der Waals surface area contributed by atoms with Crippen molar-refractivity contribution in [1.82, 2.24) is 0 Å². The van der Waals surface area contributed by atoms with Crippen LogP contribution in [0.3, 0.4) is 0 Å². The summed E-state index contributed by atoms with van der Waals surface area (Å²) in [5, 5.41) is 3.54. The summed E-state index contributed by atoms with van der Waals surface area (Å²) in [6.07, 6.45) is 8.82. The lowest BCUT2D eigenvalue weighted by atomic mass is 9.88. The summed E-state index contributed by atoms with van der Waals surface area (Å²) in [5.41, 5.74) is 7.82. The Morgan fingerprint density at radius 1 is 1.14 bits per heavy atom. The number of nitrogens with one attached hydrogen (secondary N) is 1. The number of benzene rings is 1. The molecular formula is C16H24N2O2S. The normalized spacial score (nSPS) is 20.0. The molecule has 5 heteroatoms. The van der Waals surface area contributed by atoms with E-state index in [2.05, 4.69) is 11.6 Å². The Labute approximate surface area is 130 Å². The molecule has 4 nitrogen and oxygen atoms in total. The maximum atomic E-state index is 6.14. The number of ether oxygens (including phenoxy) is 2. The predicted molar refractivity (Wildman–Crippen MR) is 89.7 cm³/mol. The number of thioether (sulfide) groups is 1. The molecule has 0 unspecified atom stereocenters. The van der Waals surface area contributed by atoms with Crippen LogP contribution in [-0.2, 0) is 0 Å². The second kappa shape index (κ2) is 6.26. The first-order chi connectivity index (χ1) is 10.2. The van der Waals surface area contributed by atoms with E-state index < -0.39 is 0 Å². The molecule has 1 aliphatic carbocycles. The first-order valence-corrected chi connectivity index (χ1v) is 8.93. The molecule has 1 aromatic carbocycles. The minimum Gasteiger partial charge on any atom is -0.486 e. The number of hydrogen-bond donors (Lipinski definition) is 2. The fraction of sp³-hybridized carbons (Fsp3) is 0.625. The van der Waals surface area contributed by atoms with E-state index >= 15 is 0 Å². The van der Waals surface area contributed by atoms with Gasteiger partial charge in [-0.1, -0.05) is 19.3 Å². The van der Waals surface area contributed by atoms with Crippen LogP contribution >= 0.6 is 11.8 Å². The number of nitrogen functional groups attached to an aromatic ring is 1. The molecule has 2 aliphatic rings. The zero-order chi connectivity index (χ0) is 14.7. The molecule has 0 amide bonds. The van der Waals surface area contributed by atoms with Gasteiger partial charge in [-0.2, -0.15) is 11.8 Å². The Balaban J connectivity index is 1.72. The van der Waals surface area contributed by atoms with Crippen LogP contribution in [0.25, 0.3) is 0 Å². The van der Waals surface area contributed by atoms with Gasteiger partial charge in [-0.05, 0) is 19.1 Å². The van der Waals surface area contributed by atoms with E-state index in [0.29, 0.717) is 18.0 Å². The van der Waals surface area contributed by atoms with E-state index in [0.717, 1.165) is 29.4 Å². The first-order valence-electron chi connectivity index (χ1n) is 7.71. The third kappa shape index (κ3) is 3.18. The van der Waals surface area contributed by atoms with Gasteiger partial charge in [0.15, 0.2) is 11.5 Å². The molecule has 0 bridgehead atoms. The van der Waals surface area contributed by atoms with Crippen molar-refractivity contribution in [1.29, 1.82) is 0 Å². The summed E-state index contributed by atoms with van der Waals surface area (Å²) in [6.45, 7) is 2.15. The van der Waals surface area contributed by atoms with Crippen molar-refractivity contribution in [3.05, 3.63) is 12.1 Å². The van der Waals surface area contributed by atoms with E-state index in [9.17, 15) is 0 Å². The highest BCUT2D eigenvalue weighted by Crippen LogP contribution is 2.41. The van der Waals surface area contributed by atoms with Crippen molar-refractivity contribution in [2.45, 2.75) is 36.9 Å². The van der Waals surface area contributed by atoms with E-state index in [1.165, 1.54) is 32.1 Å². The molecule has 0 atom stereocenters. The lowest BCUT2D eigenvalue weighted by Gasteiger charge is -2.36. The van der Waals surface area contributed by atoms with Crippen LogP contribution in [0.2, 0.25) is 0 Å². The number of hydrogen-bond acceptors (Lipinski definition) is 5. The van der Waals surface area contributed by atoms with Gasteiger partial charge in [0.2, 0.25) is 0 Å². The molecule has 1 fully saturated rings. The van der Waals surface area contributed by atoms with Gasteiger partial charge in [-0.15, -0.1) is 0 Å². The summed E-state index contributed by atoms with van der Waals surface area (Å²) in [7, 11) is 0. The quantitative estimate of drug-likeness (QED) is 0.834. The van der Waals surface area contributed by atoms with Gasteiger partial charge in [0.25, 0.3) is 0 Å². The van der Waals surface area contributed by atoms with Gasteiger partial charge in [-0.3, -0.25) is 0 Å². The van der Waals surface area contributed by atoms with E-state index in [4.69, 9.17) is 15.2 Å². The fourth-order valence-corrected chi connectivity index (χ4v) is 4.08. The Kier molecular flexibility index (Phi) is 4.38. The largest absolute Gasteiger partial charge is 0.486 e. The molecule has 0 saturated heterocycles. The minimum absolute atomic E-state index is 0.345. The molecule has 1 heterocycles. The van der Waals surface area contributed by atoms with Crippen LogP contribution in [0.4, 0.5) is 11.4 Å². The van der Waals surface area contributed by atoms with Crippen molar-refractivity contribution in [3.63, 3.8) is 0 Å². The highest BCUT2D eigenvalue weighted by molar-refractivity contribution is 8.00. The monoisotopic (exact) mass is 308 g/mol. The van der Waals surface area contributed by atoms with Gasteiger partial charge < -0.3 is 20.5 Å². The Hall–Kier alpha value is -1.23. The van der Waals surface area contributed by atoms with Gasteiger partial charge in [0, 0.05) is 23.4 Å². The summed E-state index contributed by atoms with van der Waals surface area (Å²) in [6, 6.07) is 3.84. The molecule has 1 aliphatic heterocycles. The maximum Gasteiger partial charge on any atom is 0.163 e. The molecule has 3 N–H and O–H groups in total. The number of nitrogens with two attached hydrogens (primary N) is 1. The lowest BCUT2D eigenvalue weighted by Crippen LogP contribution is -2.35. The smallest absolute Gasteiger partial charge is 0.163 e. The third-order valence-corrected chi connectivity index (χ3v) is 5.93. The van der Waals surface area contributed by atoms with Crippen LogP contribution in [0.1, 0.15) is 32.1 Å². The first kappa shape index (κ1) is 14.7. The topological polar surface area (TPSA) is 56.5 Å². The number of fused-ring (bicyclic) bond motifs is 1. The van der Waals surface area contributed by atoms with Crippen LogP contribution in [0, 0.1) is 0 Å². The van der Waals surface area contributed by atoms with E-state index in [1.807, 2.05) is 23.9 Å². The molecule has 1 saturated carbocycles. The second-order valence-corrected chi connectivity index (χ2v) is 7.16. The maximum absolute atomic E-state index is 6.14. The minimum atomic E-state index is 0.345. The fourth-order valence-electron chi connectivity index (χ4n) is 3.16. The van der Waals surface area contributed by atoms with E-state index in [-0.39, 0.29) is 0 Å². The molecule has 0 radical (unpaired) electrons. The predicted octanol–water partition coefficient (Wildman–Crippen LogP) is 3.52. The SMILES string of the molecule is CSC1(CNc2cc3c(cc2N)OCCO3)CCCCC1. The van der Waals surface area contributed by atoms with Gasteiger partial charge in [0.1, 0.15) is 13.2 Å². The highest BCUT2D eigenvalue weighted by atomic mass is 32.2. The molecular weight excluding hydrogens is 284 g/mol. The summed E-state index contributed by atoms with van der Waals surface area (Å²) in [4.78, 5) is 0. The van der Waals surface area contributed by atoms with Crippen molar-refractivity contribution in [2.75, 3.05) is 37.1 Å². The van der Waals surface area contributed by atoms with Crippen LogP contribution in [0.5, 0.6) is 11.5 Å². The molecule has 3 rings (SSSR count). The van der Waals surface area contributed by atoms with Crippen LogP contribution in [-0.4, -0.2) is 30.8 Å². The van der Waals surface area contributed by atoms with E-state index in [1.54, 1.807) is 0 Å². The van der Waals surface area contributed by atoms with Crippen molar-refractivity contribution in [2.24, 2.45) is 0 Å². The number of anilines is 2. The average Bonchev–Trinajstić information content (AvgIpc) is 2.54. The van der Waals surface area contributed by atoms with Gasteiger partial charge in [0.05, 0.1) is 11.4 Å². The zero-order valence-electron chi connectivity index (χ0n) is 12.6. The average molecular weight is 308 g/mol. The highest BCUT2D eigenvalue weighted by Gasteiger charge is 2.31. The second-order valence-electron chi connectivity index (χ2n) is 5.88. The Morgan fingerprint density at radius 3 is 2.48 bits per heavy atom. The lowest BCUT2D eigenvalue weighted by molar-refractivity contribution is 0.172. The van der Waals surface area contributed by atoms with Gasteiger partial charge in [-0.25, -0.2) is 0 Å².